The lowest BCUT2D eigenvalue weighted by atomic mass is 10.0. The van der Waals surface area contributed by atoms with E-state index in [1.54, 1.807) is 29.2 Å². The first kappa shape index (κ1) is 29.9. The summed E-state index contributed by atoms with van der Waals surface area (Å²) in [6.07, 6.45) is -4.51. The van der Waals surface area contributed by atoms with Crippen molar-refractivity contribution in [3.63, 3.8) is 0 Å². The van der Waals surface area contributed by atoms with Crippen LogP contribution >= 0.6 is 0 Å². The number of benzene rings is 2. The number of carbonyl (C=O) groups excluding carboxylic acids is 4. The van der Waals surface area contributed by atoms with Crippen molar-refractivity contribution in [2.45, 2.75) is 57.5 Å². The van der Waals surface area contributed by atoms with E-state index in [-0.39, 0.29) is 36.9 Å². The number of hydrogen-bond donors (Lipinski definition) is 2. The van der Waals surface area contributed by atoms with Crippen LogP contribution in [-0.4, -0.2) is 66.5 Å². The standard InChI is InChI=1S/C29H32F3N3O6/c1-17-5-7-19(8-6-17)25(18(2)33-28(39)29(30,31)32)41-23-11-9-20(10-12-23)26(37)34-22-4-3-13-35(15-22)27(38)21-14-24(36)40-16-21/h5-12,18,21-22,25H,3-4,13-16H2,1-2H3,(H,33,39)(H,34,37)/t18-,21+,22-,25-/m0/s1. The fourth-order valence-electron chi connectivity index (χ4n) is 4.90. The average molecular weight is 576 g/mol. The van der Waals surface area contributed by atoms with Gasteiger partial charge in [-0.2, -0.15) is 13.2 Å². The Morgan fingerprint density at radius 2 is 1.76 bits per heavy atom. The number of cyclic esters (lactones) is 1. The fourth-order valence-corrected chi connectivity index (χ4v) is 4.90. The number of rotatable bonds is 8. The van der Waals surface area contributed by atoms with Gasteiger partial charge in [0.1, 0.15) is 18.5 Å². The van der Waals surface area contributed by atoms with Crippen molar-refractivity contribution in [2.75, 3.05) is 19.7 Å². The Balaban J connectivity index is 1.39. The molecular formula is C29H32F3N3O6. The summed E-state index contributed by atoms with van der Waals surface area (Å²) in [5.74, 6) is -3.15. The van der Waals surface area contributed by atoms with Crippen LogP contribution in [0.5, 0.6) is 5.75 Å². The number of nitrogens with zero attached hydrogens (tertiary/aromatic N) is 1. The monoisotopic (exact) mass is 575 g/mol. The molecule has 2 saturated heterocycles. The maximum atomic E-state index is 12.9. The van der Waals surface area contributed by atoms with E-state index < -0.39 is 30.1 Å². The molecule has 0 radical (unpaired) electrons. The number of hydrogen-bond acceptors (Lipinski definition) is 6. The molecule has 4 atom stereocenters. The van der Waals surface area contributed by atoms with E-state index in [4.69, 9.17) is 9.47 Å². The molecule has 0 saturated carbocycles. The topological polar surface area (TPSA) is 114 Å². The molecule has 2 fully saturated rings. The number of nitrogens with one attached hydrogen (secondary N) is 2. The minimum Gasteiger partial charge on any atom is -0.484 e. The number of alkyl halides is 3. The molecule has 2 N–H and O–H groups in total. The van der Waals surface area contributed by atoms with Crippen molar-refractivity contribution in [1.82, 2.24) is 15.5 Å². The smallest absolute Gasteiger partial charge is 0.471 e. The number of likely N-dealkylation sites (tertiary alicyclic amines) is 1. The first-order chi connectivity index (χ1) is 19.4. The summed E-state index contributed by atoms with van der Waals surface area (Å²) in [6, 6.07) is 11.8. The second-order valence-electron chi connectivity index (χ2n) is 10.4. The molecule has 2 aromatic carbocycles. The molecule has 9 nitrogen and oxygen atoms in total. The van der Waals surface area contributed by atoms with Gasteiger partial charge in [-0.25, -0.2) is 0 Å². The number of ether oxygens (including phenoxy) is 2. The van der Waals surface area contributed by atoms with Crippen LogP contribution < -0.4 is 15.4 Å². The summed E-state index contributed by atoms with van der Waals surface area (Å²) < 4.78 is 49.5. The van der Waals surface area contributed by atoms with Crippen LogP contribution in [0.15, 0.2) is 48.5 Å². The molecule has 0 aliphatic carbocycles. The minimum atomic E-state index is -5.03. The van der Waals surface area contributed by atoms with Crippen LogP contribution in [0.25, 0.3) is 0 Å². The number of piperidine rings is 1. The normalized spacial score (nSPS) is 20.5. The zero-order valence-electron chi connectivity index (χ0n) is 22.7. The van der Waals surface area contributed by atoms with Crippen molar-refractivity contribution in [3.8, 4) is 5.75 Å². The predicted molar refractivity (Wildman–Crippen MR) is 141 cm³/mol. The highest BCUT2D eigenvalue weighted by molar-refractivity contribution is 5.94. The SMILES string of the molecule is Cc1ccc([C@@H](Oc2ccc(C(=O)N[C@H]3CCCN(C(=O)[C@H]4COC(=O)C4)C3)cc2)[C@H](C)NC(=O)C(F)(F)F)cc1. The molecule has 3 amide bonds. The molecule has 0 unspecified atom stereocenters. The second-order valence-corrected chi connectivity index (χ2v) is 10.4. The molecular weight excluding hydrogens is 543 g/mol. The second kappa shape index (κ2) is 12.6. The van der Waals surface area contributed by atoms with Gasteiger partial charge in [0.2, 0.25) is 5.91 Å². The molecule has 41 heavy (non-hydrogen) atoms. The lowest BCUT2D eigenvalue weighted by Crippen LogP contribution is -2.51. The molecule has 220 valence electrons. The minimum absolute atomic E-state index is 0.0685. The first-order valence-electron chi connectivity index (χ1n) is 13.4. The van der Waals surface area contributed by atoms with Gasteiger partial charge in [-0.3, -0.25) is 19.2 Å². The van der Waals surface area contributed by atoms with Gasteiger partial charge < -0.3 is 25.0 Å². The van der Waals surface area contributed by atoms with Gasteiger partial charge in [-0.1, -0.05) is 29.8 Å². The molecule has 0 spiro atoms. The van der Waals surface area contributed by atoms with Gasteiger partial charge in [0, 0.05) is 24.7 Å². The van der Waals surface area contributed by atoms with Gasteiger partial charge >= 0.3 is 18.1 Å². The number of carbonyl (C=O) groups is 4. The number of aryl methyl sites for hydroxylation is 1. The van der Waals surface area contributed by atoms with E-state index in [9.17, 15) is 32.3 Å². The Kier molecular flexibility index (Phi) is 9.19. The molecule has 2 heterocycles. The van der Waals surface area contributed by atoms with Crippen molar-refractivity contribution < 1.29 is 41.8 Å². The van der Waals surface area contributed by atoms with Crippen LogP contribution in [0.4, 0.5) is 13.2 Å². The highest BCUT2D eigenvalue weighted by atomic mass is 19.4. The molecule has 2 aliphatic heterocycles. The molecule has 2 aliphatic rings. The Labute approximate surface area is 235 Å². The van der Waals surface area contributed by atoms with Crippen LogP contribution in [0.1, 0.15) is 53.8 Å². The summed E-state index contributed by atoms with van der Waals surface area (Å²) >= 11 is 0. The number of amides is 3. The Morgan fingerprint density at radius 3 is 2.37 bits per heavy atom. The van der Waals surface area contributed by atoms with Crippen LogP contribution in [0, 0.1) is 12.8 Å². The van der Waals surface area contributed by atoms with Crippen LogP contribution in [0.2, 0.25) is 0 Å². The summed E-state index contributed by atoms with van der Waals surface area (Å²) in [4.78, 5) is 50.2. The predicted octanol–water partition coefficient (Wildman–Crippen LogP) is 3.47. The molecule has 12 heteroatoms. The lowest BCUT2D eigenvalue weighted by molar-refractivity contribution is -0.174. The van der Waals surface area contributed by atoms with E-state index >= 15 is 0 Å². The average Bonchev–Trinajstić information content (AvgIpc) is 3.38. The lowest BCUT2D eigenvalue weighted by Gasteiger charge is -2.34. The largest absolute Gasteiger partial charge is 0.484 e. The third-order valence-corrected chi connectivity index (χ3v) is 7.13. The zero-order valence-corrected chi connectivity index (χ0v) is 22.7. The molecule has 4 rings (SSSR count). The maximum Gasteiger partial charge on any atom is 0.471 e. The number of halogens is 3. The summed E-state index contributed by atoms with van der Waals surface area (Å²) in [7, 11) is 0. The quantitative estimate of drug-likeness (QED) is 0.466. The van der Waals surface area contributed by atoms with Gasteiger partial charge in [-0.15, -0.1) is 0 Å². The summed E-state index contributed by atoms with van der Waals surface area (Å²) in [6.45, 7) is 4.25. The number of esters is 1. The Morgan fingerprint density at radius 1 is 1.07 bits per heavy atom. The van der Waals surface area contributed by atoms with E-state index in [2.05, 4.69) is 5.32 Å². The summed E-state index contributed by atoms with van der Waals surface area (Å²) in [5, 5.41) is 4.89. The van der Waals surface area contributed by atoms with E-state index in [1.165, 1.54) is 31.2 Å². The van der Waals surface area contributed by atoms with Crippen molar-refractivity contribution in [1.29, 1.82) is 0 Å². The van der Waals surface area contributed by atoms with E-state index in [0.29, 0.717) is 42.8 Å². The Bertz CT molecular complexity index is 1270. The third kappa shape index (κ3) is 7.77. The summed E-state index contributed by atoms with van der Waals surface area (Å²) in [5.41, 5.74) is 1.85. The highest BCUT2D eigenvalue weighted by Crippen LogP contribution is 2.27. The molecule has 2 aromatic rings. The van der Waals surface area contributed by atoms with Crippen molar-refractivity contribution in [2.24, 2.45) is 5.92 Å². The van der Waals surface area contributed by atoms with Crippen LogP contribution in [0.3, 0.4) is 0 Å². The van der Waals surface area contributed by atoms with Crippen molar-refractivity contribution >= 4 is 23.7 Å². The van der Waals surface area contributed by atoms with Crippen molar-refractivity contribution in [3.05, 3.63) is 65.2 Å². The third-order valence-electron chi connectivity index (χ3n) is 7.13. The van der Waals surface area contributed by atoms with E-state index in [1.807, 2.05) is 12.2 Å². The van der Waals surface area contributed by atoms with Gasteiger partial charge in [0.25, 0.3) is 5.91 Å². The maximum absolute atomic E-state index is 12.9. The highest BCUT2D eigenvalue weighted by Gasteiger charge is 2.40. The van der Waals surface area contributed by atoms with Crippen LogP contribution in [-0.2, 0) is 19.1 Å². The molecule has 0 aromatic heterocycles. The van der Waals surface area contributed by atoms with Gasteiger partial charge in [-0.05, 0) is 56.5 Å². The fraction of sp³-hybridized carbons (Fsp3) is 0.448. The Hall–Kier alpha value is -4.09. The van der Waals surface area contributed by atoms with Gasteiger partial charge in [0.05, 0.1) is 18.4 Å². The molecule has 0 bridgehead atoms. The zero-order chi connectivity index (χ0) is 29.7. The van der Waals surface area contributed by atoms with Gasteiger partial charge in [0.15, 0.2) is 0 Å². The first-order valence-corrected chi connectivity index (χ1v) is 13.4. The van der Waals surface area contributed by atoms with E-state index in [0.717, 1.165) is 5.56 Å².